The molecule has 0 radical (unpaired) electrons. The Hall–Kier alpha value is -2.29. The van der Waals surface area contributed by atoms with Gasteiger partial charge in [-0.3, -0.25) is 5.01 Å². The van der Waals surface area contributed by atoms with E-state index in [0.29, 0.717) is 6.42 Å². The fourth-order valence-electron chi connectivity index (χ4n) is 2.18. The Labute approximate surface area is 127 Å². The number of hydrogen-bond acceptors (Lipinski definition) is 3. The van der Waals surface area contributed by atoms with Crippen molar-refractivity contribution in [1.82, 2.24) is 10.4 Å². The summed E-state index contributed by atoms with van der Waals surface area (Å²) in [7, 11) is 1.91. The van der Waals surface area contributed by atoms with E-state index in [2.05, 4.69) is 38.2 Å². The standard InChI is InChI=1S/C18H24N2O/c1-6-17-12-9-10-14(2)18(17)16(4)20(5)19-15(3)11-7-8-13-21/h6,9-10,12-13,19H,1,3-4,7-8,11H2,2,5H3. The second-order valence-corrected chi connectivity index (χ2v) is 5.02. The fourth-order valence-corrected chi connectivity index (χ4v) is 2.18. The van der Waals surface area contributed by atoms with Crippen molar-refractivity contribution in [2.75, 3.05) is 7.05 Å². The number of aryl methyl sites for hydroxylation is 1. The number of benzene rings is 1. The summed E-state index contributed by atoms with van der Waals surface area (Å²) < 4.78 is 0. The Balaban J connectivity index is 2.77. The molecule has 0 fully saturated rings. The zero-order valence-corrected chi connectivity index (χ0v) is 13.0. The van der Waals surface area contributed by atoms with Gasteiger partial charge in [-0.15, -0.1) is 0 Å². The van der Waals surface area contributed by atoms with Crippen molar-refractivity contribution in [3.63, 3.8) is 0 Å². The van der Waals surface area contributed by atoms with Crippen LogP contribution in [0.4, 0.5) is 0 Å². The molecular formula is C18H24N2O. The van der Waals surface area contributed by atoms with Crippen LogP contribution in [0, 0.1) is 6.92 Å². The lowest BCUT2D eigenvalue weighted by Crippen LogP contribution is -2.32. The Morgan fingerprint density at radius 3 is 2.71 bits per heavy atom. The molecule has 0 spiro atoms. The van der Waals surface area contributed by atoms with Crippen molar-refractivity contribution < 1.29 is 4.79 Å². The van der Waals surface area contributed by atoms with Gasteiger partial charge in [0.1, 0.15) is 6.29 Å². The zero-order chi connectivity index (χ0) is 15.8. The molecule has 1 N–H and O–H groups in total. The predicted molar refractivity (Wildman–Crippen MR) is 90.3 cm³/mol. The van der Waals surface area contributed by atoms with Gasteiger partial charge in [0.25, 0.3) is 0 Å². The highest BCUT2D eigenvalue weighted by atomic mass is 16.1. The van der Waals surface area contributed by atoms with Crippen molar-refractivity contribution in [3.8, 4) is 0 Å². The van der Waals surface area contributed by atoms with Crippen molar-refractivity contribution in [2.45, 2.75) is 26.2 Å². The second-order valence-electron chi connectivity index (χ2n) is 5.02. The third-order valence-corrected chi connectivity index (χ3v) is 3.34. The van der Waals surface area contributed by atoms with E-state index < -0.39 is 0 Å². The molecule has 112 valence electrons. The number of allylic oxidation sites excluding steroid dienone is 1. The Morgan fingerprint density at radius 2 is 2.10 bits per heavy atom. The molecule has 0 saturated carbocycles. The summed E-state index contributed by atoms with van der Waals surface area (Å²) >= 11 is 0. The number of carbonyl (C=O) groups is 1. The molecule has 21 heavy (non-hydrogen) atoms. The van der Waals surface area contributed by atoms with Crippen molar-refractivity contribution in [3.05, 3.63) is 60.3 Å². The lowest BCUT2D eigenvalue weighted by atomic mass is 9.99. The van der Waals surface area contributed by atoms with Crippen LogP contribution < -0.4 is 5.43 Å². The molecule has 0 heterocycles. The molecule has 1 aromatic rings. The average Bonchev–Trinajstić information content (AvgIpc) is 2.46. The van der Waals surface area contributed by atoms with Gasteiger partial charge >= 0.3 is 0 Å². The number of hydrazine groups is 1. The van der Waals surface area contributed by atoms with Crippen molar-refractivity contribution in [1.29, 1.82) is 0 Å². The van der Waals surface area contributed by atoms with Crippen LogP contribution in [-0.2, 0) is 4.79 Å². The monoisotopic (exact) mass is 284 g/mol. The smallest absolute Gasteiger partial charge is 0.120 e. The molecule has 0 saturated heterocycles. The lowest BCUT2D eigenvalue weighted by molar-refractivity contribution is -0.107. The zero-order valence-electron chi connectivity index (χ0n) is 13.0. The molecule has 0 aliphatic rings. The predicted octanol–water partition coefficient (Wildman–Crippen LogP) is 3.93. The minimum absolute atomic E-state index is 0.559. The number of hydrogen-bond donors (Lipinski definition) is 1. The minimum Gasteiger partial charge on any atom is -0.303 e. The molecule has 0 aliphatic heterocycles. The van der Waals surface area contributed by atoms with E-state index in [4.69, 9.17) is 0 Å². The number of unbranched alkanes of at least 4 members (excludes halogenated alkanes) is 1. The summed E-state index contributed by atoms with van der Waals surface area (Å²) in [6, 6.07) is 6.09. The molecular weight excluding hydrogens is 260 g/mol. The average molecular weight is 284 g/mol. The third-order valence-electron chi connectivity index (χ3n) is 3.34. The van der Waals surface area contributed by atoms with Crippen LogP contribution in [0.15, 0.2) is 43.6 Å². The largest absolute Gasteiger partial charge is 0.303 e. The Kier molecular flexibility index (Phi) is 6.47. The van der Waals surface area contributed by atoms with E-state index in [1.807, 2.05) is 30.3 Å². The van der Waals surface area contributed by atoms with Gasteiger partial charge in [-0.2, -0.15) is 0 Å². The summed E-state index contributed by atoms with van der Waals surface area (Å²) in [5.41, 5.74) is 8.21. The SMILES string of the molecule is C=Cc1cccc(C)c1C(=C)N(C)NC(=C)CCCC=O. The first-order chi connectivity index (χ1) is 10.0. The van der Waals surface area contributed by atoms with E-state index in [9.17, 15) is 4.79 Å². The van der Waals surface area contributed by atoms with Crippen molar-refractivity contribution in [2.24, 2.45) is 0 Å². The fraction of sp³-hybridized carbons (Fsp3) is 0.278. The minimum atomic E-state index is 0.559. The van der Waals surface area contributed by atoms with Gasteiger partial charge in [0.15, 0.2) is 0 Å². The van der Waals surface area contributed by atoms with E-state index in [1.54, 1.807) is 0 Å². The number of nitrogens with zero attached hydrogens (tertiary/aromatic N) is 1. The normalized spacial score (nSPS) is 9.81. The highest BCUT2D eigenvalue weighted by Gasteiger charge is 2.11. The molecule has 3 heteroatoms. The molecule has 0 amide bonds. The first-order valence-corrected chi connectivity index (χ1v) is 7.04. The van der Waals surface area contributed by atoms with Gasteiger partial charge in [-0.25, -0.2) is 0 Å². The van der Waals surface area contributed by atoms with Crippen LogP contribution in [0.3, 0.4) is 0 Å². The van der Waals surface area contributed by atoms with Crippen molar-refractivity contribution >= 4 is 18.1 Å². The summed E-state index contributed by atoms with van der Waals surface area (Å²) in [4.78, 5) is 10.3. The third kappa shape index (κ3) is 4.63. The summed E-state index contributed by atoms with van der Waals surface area (Å²) in [5.74, 6) is 0. The molecule has 0 bridgehead atoms. The first kappa shape index (κ1) is 16.8. The Bertz CT molecular complexity index is 546. The maximum Gasteiger partial charge on any atom is 0.120 e. The van der Waals surface area contributed by atoms with Crippen LogP contribution in [0.25, 0.3) is 11.8 Å². The van der Waals surface area contributed by atoms with E-state index in [1.165, 1.54) is 0 Å². The van der Waals surface area contributed by atoms with Crippen LogP contribution in [0.1, 0.15) is 36.0 Å². The van der Waals surface area contributed by atoms with Crippen LogP contribution in [0.2, 0.25) is 0 Å². The summed E-state index contributed by atoms with van der Waals surface area (Å²) in [6.07, 6.45) is 4.89. The quantitative estimate of drug-likeness (QED) is 0.423. The van der Waals surface area contributed by atoms with Gasteiger partial charge in [-0.05, 0) is 30.9 Å². The van der Waals surface area contributed by atoms with E-state index in [0.717, 1.165) is 47.2 Å². The van der Waals surface area contributed by atoms with Gasteiger partial charge < -0.3 is 10.2 Å². The molecule has 0 aliphatic carbocycles. The van der Waals surface area contributed by atoms with Crippen LogP contribution >= 0.6 is 0 Å². The van der Waals surface area contributed by atoms with Crippen LogP contribution in [-0.4, -0.2) is 18.3 Å². The number of carbonyl (C=O) groups excluding carboxylic acids is 1. The molecule has 0 unspecified atom stereocenters. The van der Waals surface area contributed by atoms with E-state index >= 15 is 0 Å². The highest BCUT2D eigenvalue weighted by Crippen LogP contribution is 2.24. The Morgan fingerprint density at radius 1 is 1.38 bits per heavy atom. The van der Waals surface area contributed by atoms with Crippen LogP contribution in [0.5, 0.6) is 0 Å². The lowest BCUT2D eigenvalue weighted by Gasteiger charge is -2.27. The summed E-state index contributed by atoms with van der Waals surface area (Å²) in [6.45, 7) is 14.1. The molecule has 3 nitrogen and oxygen atoms in total. The van der Waals surface area contributed by atoms with Gasteiger partial charge in [0.05, 0.1) is 5.70 Å². The number of rotatable bonds is 9. The topological polar surface area (TPSA) is 32.3 Å². The molecule has 1 aromatic carbocycles. The second kappa shape index (κ2) is 8.10. The summed E-state index contributed by atoms with van der Waals surface area (Å²) in [5, 5.41) is 1.86. The van der Waals surface area contributed by atoms with E-state index in [-0.39, 0.29) is 0 Å². The number of aldehydes is 1. The molecule has 0 aromatic heterocycles. The molecule has 0 atom stereocenters. The van der Waals surface area contributed by atoms with Gasteiger partial charge in [0, 0.05) is 24.7 Å². The first-order valence-electron chi connectivity index (χ1n) is 7.04. The maximum absolute atomic E-state index is 10.3. The number of nitrogens with one attached hydrogen (secondary N) is 1. The highest BCUT2D eigenvalue weighted by molar-refractivity contribution is 5.73. The maximum atomic E-state index is 10.3. The van der Waals surface area contributed by atoms with Gasteiger partial charge in [-0.1, -0.05) is 44.0 Å². The molecule has 1 rings (SSSR count). The van der Waals surface area contributed by atoms with Gasteiger partial charge in [0.2, 0.25) is 0 Å².